The number of carboxylic acid groups (broad SMARTS) is 1. The molecule has 2 aromatic carbocycles. The number of aliphatic carboxylic acids is 1. The van der Waals surface area contributed by atoms with Gasteiger partial charge in [0.15, 0.2) is 5.58 Å². The Kier molecular flexibility index (Phi) is 6.57. The van der Waals surface area contributed by atoms with Crippen molar-refractivity contribution in [2.45, 2.75) is 45.4 Å². The lowest BCUT2D eigenvalue weighted by molar-refractivity contribution is -0.151. The van der Waals surface area contributed by atoms with E-state index in [2.05, 4.69) is 5.16 Å². The van der Waals surface area contributed by atoms with Crippen LogP contribution < -0.4 is 4.74 Å². The summed E-state index contributed by atoms with van der Waals surface area (Å²) in [5.41, 5.74) is 2.76. The van der Waals surface area contributed by atoms with E-state index in [9.17, 15) is 19.5 Å². The van der Waals surface area contributed by atoms with Crippen molar-refractivity contribution in [2.24, 2.45) is 5.92 Å². The summed E-state index contributed by atoms with van der Waals surface area (Å²) in [5, 5.41) is 14.7. The van der Waals surface area contributed by atoms with E-state index in [1.807, 2.05) is 24.3 Å². The lowest BCUT2D eigenvalue weighted by atomic mass is 9.93. The first-order chi connectivity index (χ1) is 17.3. The molecule has 1 saturated heterocycles. The van der Waals surface area contributed by atoms with Gasteiger partial charge in [-0.15, -0.1) is 0 Å². The second kappa shape index (κ2) is 9.81. The number of likely N-dealkylation sites (tertiary alicyclic amines) is 1. The van der Waals surface area contributed by atoms with Gasteiger partial charge in [0.2, 0.25) is 11.8 Å². The maximum absolute atomic E-state index is 13.4. The van der Waals surface area contributed by atoms with Crippen molar-refractivity contribution in [2.75, 3.05) is 13.1 Å². The van der Waals surface area contributed by atoms with Gasteiger partial charge in [-0.3, -0.25) is 14.4 Å². The Balaban J connectivity index is 1.53. The number of nitrogens with zero attached hydrogens (tertiary/aromatic N) is 3. The predicted molar refractivity (Wildman–Crippen MR) is 130 cm³/mol. The van der Waals surface area contributed by atoms with Crippen molar-refractivity contribution in [1.82, 2.24) is 15.0 Å². The first-order valence-corrected chi connectivity index (χ1v) is 12.3. The number of fused-ring (bicyclic) bond motifs is 2. The van der Waals surface area contributed by atoms with Crippen LogP contribution in [0.5, 0.6) is 5.75 Å². The Bertz CT molecular complexity index is 1340. The van der Waals surface area contributed by atoms with Crippen molar-refractivity contribution in [3.63, 3.8) is 0 Å². The van der Waals surface area contributed by atoms with Crippen LogP contribution in [0, 0.1) is 5.92 Å². The van der Waals surface area contributed by atoms with Gasteiger partial charge < -0.3 is 24.2 Å². The van der Waals surface area contributed by atoms with Gasteiger partial charge in [-0.2, -0.15) is 0 Å². The van der Waals surface area contributed by atoms with E-state index in [4.69, 9.17) is 20.9 Å². The summed E-state index contributed by atoms with van der Waals surface area (Å²) in [6.45, 7) is 2.52. The van der Waals surface area contributed by atoms with Gasteiger partial charge >= 0.3 is 5.97 Å². The van der Waals surface area contributed by atoms with E-state index < -0.39 is 18.1 Å². The fourth-order valence-corrected chi connectivity index (χ4v) is 5.35. The van der Waals surface area contributed by atoms with Crippen LogP contribution in [0.1, 0.15) is 49.2 Å². The number of carbonyl (C=O) groups excluding carboxylic acids is 2. The third-order valence-electron chi connectivity index (χ3n) is 6.82. The van der Waals surface area contributed by atoms with Crippen LogP contribution in [0.15, 0.2) is 40.9 Å². The number of carboxylic acids is 1. The number of para-hydroxylation sites is 1. The van der Waals surface area contributed by atoms with E-state index in [-0.39, 0.29) is 24.8 Å². The standard InChI is InChI=1S/C26H26ClN3O6/c1-15(13-23(32)33)26(34)30-12-10-16-18(27)8-9-21(24(16)25(30)29-11-4-7-22(29)31)35-14-19-17-5-2-3-6-20(17)36-28-19/h2-3,5-6,8-9,15,25H,4,7,10-14H2,1H3,(H,32,33)/t15-,25?/m1/s1. The third kappa shape index (κ3) is 4.39. The molecule has 2 aliphatic rings. The number of ether oxygens (including phenoxy) is 1. The molecule has 2 atom stereocenters. The number of aromatic nitrogens is 1. The van der Waals surface area contributed by atoms with E-state index in [1.165, 1.54) is 0 Å². The largest absolute Gasteiger partial charge is 0.487 e. The molecule has 1 unspecified atom stereocenters. The second-order valence-corrected chi connectivity index (χ2v) is 9.60. The minimum absolute atomic E-state index is 0.0649. The third-order valence-corrected chi connectivity index (χ3v) is 7.18. The number of carbonyl (C=O) groups is 3. The SMILES string of the molecule is C[C@H](CC(=O)O)C(=O)N1CCc2c(Cl)ccc(OCc3noc4ccccc34)c2C1N1CCCC1=O. The molecule has 3 heterocycles. The predicted octanol–water partition coefficient (Wildman–Crippen LogP) is 4.18. The molecule has 10 heteroatoms. The summed E-state index contributed by atoms with van der Waals surface area (Å²) in [6.07, 6.45) is 0.512. The van der Waals surface area contributed by atoms with E-state index >= 15 is 0 Å². The molecule has 0 saturated carbocycles. The van der Waals surface area contributed by atoms with Crippen LogP contribution >= 0.6 is 11.6 Å². The van der Waals surface area contributed by atoms with Crippen molar-refractivity contribution in [3.8, 4) is 5.75 Å². The van der Waals surface area contributed by atoms with Crippen LogP contribution in [0.25, 0.3) is 11.0 Å². The Morgan fingerprint density at radius 2 is 2.03 bits per heavy atom. The Hall–Kier alpha value is -3.59. The zero-order valence-corrected chi connectivity index (χ0v) is 20.5. The van der Waals surface area contributed by atoms with Gasteiger partial charge in [-0.05, 0) is 42.7 Å². The molecule has 1 aromatic heterocycles. The molecule has 0 radical (unpaired) electrons. The first kappa shape index (κ1) is 24.1. The van der Waals surface area contributed by atoms with Crippen molar-refractivity contribution in [1.29, 1.82) is 0 Å². The van der Waals surface area contributed by atoms with Gasteiger partial charge in [0.05, 0.1) is 6.42 Å². The van der Waals surface area contributed by atoms with Crippen molar-refractivity contribution in [3.05, 3.63) is 58.2 Å². The van der Waals surface area contributed by atoms with E-state index in [0.717, 1.165) is 10.9 Å². The highest BCUT2D eigenvalue weighted by molar-refractivity contribution is 6.31. The van der Waals surface area contributed by atoms with Crippen LogP contribution in [0.4, 0.5) is 0 Å². The molecule has 2 aliphatic heterocycles. The molecule has 188 valence electrons. The zero-order valence-electron chi connectivity index (χ0n) is 19.8. The molecule has 1 fully saturated rings. The van der Waals surface area contributed by atoms with Gasteiger partial charge in [0.25, 0.3) is 0 Å². The molecule has 0 aliphatic carbocycles. The molecule has 0 bridgehead atoms. The number of rotatable bonds is 7. The Morgan fingerprint density at radius 3 is 2.78 bits per heavy atom. The number of halogens is 1. The highest BCUT2D eigenvalue weighted by Gasteiger charge is 2.42. The average molecular weight is 512 g/mol. The lowest BCUT2D eigenvalue weighted by Gasteiger charge is -2.43. The summed E-state index contributed by atoms with van der Waals surface area (Å²) in [7, 11) is 0. The minimum atomic E-state index is -1.05. The van der Waals surface area contributed by atoms with E-state index in [1.54, 1.807) is 28.9 Å². The minimum Gasteiger partial charge on any atom is -0.487 e. The van der Waals surface area contributed by atoms with Crippen LogP contribution in [0.3, 0.4) is 0 Å². The summed E-state index contributed by atoms with van der Waals surface area (Å²) < 4.78 is 11.6. The van der Waals surface area contributed by atoms with Gasteiger partial charge in [0, 0.05) is 41.4 Å². The number of hydrogen-bond donors (Lipinski definition) is 1. The second-order valence-electron chi connectivity index (χ2n) is 9.20. The topological polar surface area (TPSA) is 113 Å². The Morgan fingerprint density at radius 1 is 1.22 bits per heavy atom. The molecule has 36 heavy (non-hydrogen) atoms. The fraction of sp³-hybridized carbons (Fsp3) is 0.385. The smallest absolute Gasteiger partial charge is 0.304 e. The van der Waals surface area contributed by atoms with Crippen LogP contribution in [-0.2, 0) is 27.4 Å². The first-order valence-electron chi connectivity index (χ1n) is 11.9. The summed E-state index contributed by atoms with van der Waals surface area (Å²) in [4.78, 5) is 40.9. The summed E-state index contributed by atoms with van der Waals surface area (Å²) in [5.74, 6) is -1.68. The molecular formula is C26H26ClN3O6. The summed E-state index contributed by atoms with van der Waals surface area (Å²) >= 11 is 6.59. The fourth-order valence-electron chi connectivity index (χ4n) is 5.09. The van der Waals surface area contributed by atoms with Crippen molar-refractivity contribution < 1.29 is 28.8 Å². The highest BCUT2D eigenvalue weighted by Crippen LogP contribution is 2.44. The quantitative estimate of drug-likeness (QED) is 0.506. The maximum Gasteiger partial charge on any atom is 0.304 e. The van der Waals surface area contributed by atoms with Crippen molar-refractivity contribution >= 4 is 40.4 Å². The zero-order chi connectivity index (χ0) is 25.4. The normalized spacial score (nSPS) is 18.4. The molecule has 1 N–H and O–H groups in total. The van der Waals surface area contributed by atoms with Crippen LogP contribution in [-0.4, -0.2) is 50.9 Å². The average Bonchev–Trinajstić information content (AvgIpc) is 3.48. The van der Waals surface area contributed by atoms with E-state index in [0.29, 0.717) is 60.0 Å². The molecule has 0 spiro atoms. The van der Waals surface area contributed by atoms with Gasteiger partial charge in [0.1, 0.15) is 24.2 Å². The maximum atomic E-state index is 13.4. The lowest BCUT2D eigenvalue weighted by Crippen LogP contribution is -2.50. The Labute approximate surface area is 212 Å². The monoisotopic (exact) mass is 511 g/mol. The molecule has 9 nitrogen and oxygen atoms in total. The number of hydrogen-bond acceptors (Lipinski definition) is 6. The molecule has 2 amide bonds. The van der Waals surface area contributed by atoms with Gasteiger partial charge in [-0.25, -0.2) is 0 Å². The van der Waals surface area contributed by atoms with Crippen LogP contribution in [0.2, 0.25) is 5.02 Å². The van der Waals surface area contributed by atoms with Gasteiger partial charge in [-0.1, -0.05) is 35.8 Å². The number of benzene rings is 2. The highest BCUT2D eigenvalue weighted by atomic mass is 35.5. The molecular weight excluding hydrogens is 486 g/mol. The molecule has 5 rings (SSSR count). The molecule has 3 aromatic rings. The summed E-state index contributed by atoms with van der Waals surface area (Å²) in [6, 6.07) is 11.0. The number of amides is 2.